The maximum atomic E-state index is 9.41. The minimum Gasteiger partial charge on any atom is -0.506 e. The number of aromatic nitrogens is 2. The molecule has 0 radical (unpaired) electrons. The van der Waals surface area contributed by atoms with Crippen LogP contribution in [0.1, 0.15) is 18.5 Å². The SMILES string of the molecule is Oc1ccc2nc(CC3CCCSC3)cn2c1. The van der Waals surface area contributed by atoms with E-state index in [0.717, 1.165) is 23.7 Å². The van der Waals surface area contributed by atoms with Crippen LogP contribution in [0.25, 0.3) is 5.65 Å². The topological polar surface area (TPSA) is 37.5 Å². The summed E-state index contributed by atoms with van der Waals surface area (Å²) < 4.78 is 1.90. The fourth-order valence-corrected chi connectivity index (χ4v) is 3.55. The molecule has 1 N–H and O–H groups in total. The van der Waals surface area contributed by atoms with Crippen molar-refractivity contribution < 1.29 is 5.11 Å². The van der Waals surface area contributed by atoms with Crippen molar-refractivity contribution in [1.82, 2.24) is 9.38 Å². The number of aromatic hydroxyl groups is 1. The molecule has 1 fully saturated rings. The molecule has 2 aromatic heterocycles. The standard InChI is InChI=1S/C13H16N2OS/c16-12-3-4-13-14-11(7-15(13)8-12)6-10-2-1-5-17-9-10/h3-4,7-8,10,16H,1-2,5-6,9H2. The first-order chi connectivity index (χ1) is 8.31. The second-order valence-corrected chi connectivity index (χ2v) is 5.82. The van der Waals surface area contributed by atoms with Crippen molar-refractivity contribution >= 4 is 17.4 Å². The molecular formula is C13H16N2OS. The van der Waals surface area contributed by atoms with E-state index < -0.39 is 0 Å². The average molecular weight is 248 g/mol. The van der Waals surface area contributed by atoms with Gasteiger partial charge in [-0.1, -0.05) is 0 Å². The first kappa shape index (κ1) is 11.0. The monoisotopic (exact) mass is 248 g/mol. The number of hydrogen-bond acceptors (Lipinski definition) is 3. The maximum absolute atomic E-state index is 9.41. The van der Waals surface area contributed by atoms with Gasteiger partial charge in [0.05, 0.1) is 11.9 Å². The van der Waals surface area contributed by atoms with Gasteiger partial charge in [-0.2, -0.15) is 11.8 Å². The van der Waals surface area contributed by atoms with Gasteiger partial charge in [-0.15, -0.1) is 0 Å². The second-order valence-electron chi connectivity index (χ2n) is 4.67. The molecule has 3 nitrogen and oxygen atoms in total. The first-order valence-corrected chi connectivity index (χ1v) is 7.21. The van der Waals surface area contributed by atoms with Gasteiger partial charge in [0.25, 0.3) is 0 Å². The van der Waals surface area contributed by atoms with Crippen LogP contribution < -0.4 is 0 Å². The van der Waals surface area contributed by atoms with E-state index in [0.29, 0.717) is 0 Å². The van der Waals surface area contributed by atoms with Gasteiger partial charge in [-0.05, 0) is 48.8 Å². The third-order valence-electron chi connectivity index (χ3n) is 3.24. The lowest BCUT2D eigenvalue weighted by Crippen LogP contribution is -2.13. The van der Waals surface area contributed by atoms with E-state index in [1.807, 2.05) is 16.7 Å². The summed E-state index contributed by atoms with van der Waals surface area (Å²) in [5, 5.41) is 9.41. The van der Waals surface area contributed by atoms with Crippen LogP contribution in [0, 0.1) is 5.92 Å². The van der Waals surface area contributed by atoms with E-state index in [4.69, 9.17) is 0 Å². The highest BCUT2D eigenvalue weighted by molar-refractivity contribution is 7.99. The van der Waals surface area contributed by atoms with E-state index in [9.17, 15) is 5.11 Å². The summed E-state index contributed by atoms with van der Waals surface area (Å²) in [6.45, 7) is 0. The van der Waals surface area contributed by atoms with Gasteiger partial charge in [0, 0.05) is 6.20 Å². The van der Waals surface area contributed by atoms with E-state index in [2.05, 4.69) is 16.7 Å². The Balaban J connectivity index is 1.80. The Kier molecular flexibility index (Phi) is 2.97. The minimum absolute atomic E-state index is 0.287. The molecule has 3 rings (SSSR count). The van der Waals surface area contributed by atoms with E-state index in [1.165, 1.54) is 24.3 Å². The molecule has 0 amide bonds. The Morgan fingerprint density at radius 1 is 1.41 bits per heavy atom. The number of nitrogens with zero attached hydrogens (tertiary/aromatic N) is 2. The Morgan fingerprint density at radius 3 is 3.18 bits per heavy atom. The molecule has 0 spiro atoms. The molecule has 0 aromatic carbocycles. The minimum atomic E-state index is 0.287. The Bertz CT molecular complexity index is 517. The zero-order chi connectivity index (χ0) is 11.7. The van der Waals surface area contributed by atoms with Gasteiger partial charge < -0.3 is 9.51 Å². The smallest absolute Gasteiger partial charge is 0.137 e. The van der Waals surface area contributed by atoms with Crippen LogP contribution in [0.3, 0.4) is 0 Å². The van der Waals surface area contributed by atoms with Gasteiger partial charge in [0.15, 0.2) is 0 Å². The number of rotatable bonds is 2. The molecule has 17 heavy (non-hydrogen) atoms. The molecule has 1 saturated heterocycles. The molecule has 0 saturated carbocycles. The quantitative estimate of drug-likeness (QED) is 0.888. The average Bonchev–Trinajstić information content (AvgIpc) is 2.71. The predicted octanol–water partition coefficient (Wildman–Crippen LogP) is 2.73. The molecule has 1 unspecified atom stereocenters. The van der Waals surface area contributed by atoms with Crippen molar-refractivity contribution in [2.24, 2.45) is 5.92 Å². The van der Waals surface area contributed by atoms with Crippen molar-refractivity contribution in [1.29, 1.82) is 0 Å². The zero-order valence-corrected chi connectivity index (χ0v) is 10.5. The van der Waals surface area contributed by atoms with Crippen LogP contribution in [-0.2, 0) is 6.42 Å². The summed E-state index contributed by atoms with van der Waals surface area (Å²) in [5.74, 6) is 3.64. The van der Waals surface area contributed by atoms with Crippen LogP contribution >= 0.6 is 11.8 Å². The largest absolute Gasteiger partial charge is 0.506 e. The summed E-state index contributed by atoms with van der Waals surface area (Å²) in [5.41, 5.74) is 2.06. The van der Waals surface area contributed by atoms with Crippen molar-refractivity contribution in [2.75, 3.05) is 11.5 Å². The fraction of sp³-hybridized carbons (Fsp3) is 0.462. The molecule has 1 aliphatic rings. The highest BCUT2D eigenvalue weighted by Gasteiger charge is 2.15. The summed E-state index contributed by atoms with van der Waals surface area (Å²) >= 11 is 2.06. The number of imidazole rings is 1. The van der Waals surface area contributed by atoms with Crippen LogP contribution in [0.2, 0.25) is 0 Å². The second kappa shape index (κ2) is 4.61. The fourth-order valence-electron chi connectivity index (χ4n) is 2.40. The summed E-state index contributed by atoms with van der Waals surface area (Å²) in [7, 11) is 0. The summed E-state index contributed by atoms with van der Waals surface area (Å²) in [6.07, 6.45) is 7.47. The third kappa shape index (κ3) is 2.41. The normalized spacial score (nSPS) is 20.8. The van der Waals surface area contributed by atoms with Crippen molar-refractivity contribution in [3.8, 4) is 5.75 Å². The molecule has 2 aromatic rings. The first-order valence-electron chi connectivity index (χ1n) is 6.05. The van der Waals surface area contributed by atoms with Crippen LogP contribution in [-0.4, -0.2) is 26.0 Å². The van der Waals surface area contributed by atoms with Crippen molar-refractivity contribution in [2.45, 2.75) is 19.3 Å². The summed E-state index contributed by atoms with van der Waals surface area (Å²) in [4.78, 5) is 4.59. The van der Waals surface area contributed by atoms with E-state index in [-0.39, 0.29) is 5.75 Å². The Hall–Kier alpha value is -1.16. The van der Waals surface area contributed by atoms with E-state index >= 15 is 0 Å². The van der Waals surface area contributed by atoms with Gasteiger partial charge in [0.1, 0.15) is 11.4 Å². The van der Waals surface area contributed by atoms with E-state index in [1.54, 1.807) is 12.3 Å². The number of hydrogen-bond donors (Lipinski definition) is 1. The number of pyridine rings is 1. The Labute approximate surface area is 105 Å². The maximum Gasteiger partial charge on any atom is 0.137 e. The molecule has 0 bridgehead atoms. The zero-order valence-electron chi connectivity index (χ0n) is 9.67. The van der Waals surface area contributed by atoms with Crippen LogP contribution in [0.15, 0.2) is 24.5 Å². The van der Waals surface area contributed by atoms with Crippen LogP contribution in [0.5, 0.6) is 5.75 Å². The lowest BCUT2D eigenvalue weighted by molar-refractivity contribution is 0.472. The number of fused-ring (bicyclic) bond motifs is 1. The highest BCUT2D eigenvalue weighted by atomic mass is 32.2. The number of thioether (sulfide) groups is 1. The summed E-state index contributed by atoms with van der Waals surface area (Å²) in [6, 6.07) is 3.54. The molecular weight excluding hydrogens is 232 g/mol. The van der Waals surface area contributed by atoms with Crippen molar-refractivity contribution in [3.05, 3.63) is 30.2 Å². The lowest BCUT2D eigenvalue weighted by atomic mass is 10.00. The predicted molar refractivity (Wildman–Crippen MR) is 70.6 cm³/mol. The van der Waals surface area contributed by atoms with Gasteiger partial charge in [-0.3, -0.25) is 0 Å². The van der Waals surface area contributed by atoms with Gasteiger partial charge in [0.2, 0.25) is 0 Å². The molecule has 3 heterocycles. The van der Waals surface area contributed by atoms with Gasteiger partial charge in [-0.25, -0.2) is 4.98 Å². The molecule has 90 valence electrons. The Morgan fingerprint density at radius 2 is 2.35 bits per heavy atom. The van der Waals surface area contributed by atoms with Crippen LogP contribution in [0.4, 0.5) is 0 Å². The molecule has 1 aliphatic heterocycles. The molecule has 1 atom stereocenters. The third-order valence-corrected chi connectivity index (χ3v) is 4.52. The molecule has 4 heteroatoms. The lowest BCUT2D eigenvalue weighted by Gasteiger charge is -2.19. The van der Waals surface area contributed by atoms with Crippen molar-refractivity contribution in [3.63, 3.8) is 0 Å². The highest BCUT2D eigenvalue weighted by Crippen LogP contribution is 2.25. The van der Waals surface area contributed by atoms with Gasteiger partial charge >= 0.3 is 0 Å². The molecule has 0 aliphatic carbocycles.